The van der Waals surface area contributed by atoms with Crippen molar-refractivity contribution in [1.82, 2.24) is 10.6 Å². The maximum Gasteiger partial charge on any atom is 0.315 e. The van der Waals surface area contributed by atoms with Crippen molar-refractivity contribution in [1.29, 1.82) is 0 Å². The highest BCUT2D eigenvalue weighted by atomic mass is 19.3. The number of aryl methyl sites for hydroxylation is 1. The van der Waals surface area contributed by atoms with Crippen LogP contribution in [0.15, 0.2) is 24.3 Å². The largest absolute Gasteiger partial charge is 0.394 e. The van der Waals surface area contributed by atoms with Gasteiger partial charge in [0.25, 0.3) is 6.43 Å². The second-order valence-corrected chi connectivity index (χ2v) is 4.08. The number of carbonyl (C=O) groups excluding carboxylic acids is 1. The zero-order valence-electron chi connectivity index (χ0n) is 10.7. The summed E-state index contributed by atoms with van der Waals surface area (Å²) in [5.74, 6) is 0. The maximum atomic E-state index is 11.9. The van der Waals surface area contributed by atoms with Crippen molar-refractivity contribution in [2.75, 3.05) is 13.2 Å². The van der Waals surface area contributed by atoms with Gasteiger partial charge in [0.05, 0.1) is 19.2 Å². The minimum atomic E-state index is -2.60. The van der Waals surface area contributed by atoms with Gasteiger partial charge in [0.2, 0.25) is 0 Å². The summed E-state index contributed by atoms with van der Waals surface area (Å²) >= 11 is 0. The molecule has 106 valence electrons. The normalized spacial score (nSPS) is 12.3. The summed E-state index contributed by atoms with van der Waals surface area (Å²) < 4.78 is 23.9. The van der Waals surface area contributed by atoms with E-state index in [1.54, 1.807) is 12.1 Å². The van der Waals surface area contributed by atoms with Crippen molar-refractivity contribution < 1.29 is 18.7 Å². The van der Waals surface area contributed by atoms with Gasteiger partial charge in [0.15, 0.2) is 0 Å². The molecule has 1 atom stereocenters. The number of hydrogen-bond donors (Lipinski definition) is 3. The second-order valence-electron chi connectivity index (χ2n) is 4.08. The number of rotatable bonds is 6. The molecule has 0 aliphatic heterocycles. The van der Waals surface area contributed by atoms with Gasteiger partial charge in [0.1, 0.15) is 0 Å². The van der Waals surface area contributed by atoms with Crippen LogP contribution in [0.4, 0.5) is 13.6 Å². The number of carbonyl (C=O) groups is 1. The molecule has 1 aromatic rings. The van der Waals surface area contributed by atoms with Crippen LogP contribution in [-0.4, -0.2) is 30.7 Å². The Morgan fingerprint density at radius 1 is 1.32 bits per heavy atom. The SMILES string of the molecule is CCc1ccc(C(CO)NC(=O)NCC(F)F)cc1. The zero-order chi connectivity index (χ0) is 14.3. The van der Waals surface area contributed by atoms with Crippen LogP contribution >= 0.6 is 0 Å². The number of urea groups is 1. The van der Waals surface area contributed by atoms with Gasteiger partial charge in [-0.25, -0.2) is 13.6 Å². The van der Waals surface area contributed by atoms with E-state index in [1.807, 2.05) is 24.4 Å². The van der Waals surface area contributed by atoms with E-state index in [0.717, 1.165) is 17.5 Å². The van der Waals surface area contributed by atoms with Gasteiger partial charge in [-0.2, -0.15) is 0 Å². The third-order valence-corrected chi connectivity index (χ3v) is 2.70. The number of hydrogen-bond acceptors (Lipinski definition) is 2. The summed E-state index contributed by atoms with van der Waals surface area (Å²) in [7, 11) is 0. The monoisotopic (exact) mass is 272 g/mol. The molecule has 0 spiro atoms. The van der Waals surface area contributed by atoms with E-state index in [1.165, 1.54) is 0 Å². The molecule has 0 saturated carbocycles. The Balaban J connectivity index is 2.59. The van der Waals surface area contributed by atoms with Crippen LogP contribution < -0.4 is 10.6 Å². The third-order valence-electron chi connectivity index (χ3n) is 2.70. The first-order chi connectivity index (χ1) is 9.06. The molecular formula is C13H18F2N2O2. The van der Waals surface area contributed by atoms with Gasteiger partial charge in [-0.1, -0.05) is 31.2 Å². The van der Waals surface area contributed by atoms with Crippen LogP contribution in [0.2, 0.25) is 0 Å². The van der Waals surface area contributed by atoms with Crippen molar-refractivity contribution >= 4 is 6.03 Å². The lowest BCUT2D eigenvalue weighted by atomic mass is 10.0. The van der Waals surface area contributed by atoms with E-state index < -0.39 is 25.0 Å². The predicted molar refractivity (Wildman–Crippen MR) is 68.2 cm³/mol. The van der Waals surface area contributed by atoms with E-state index in [4.69, 9.17) is 0 Å². The summed E-state index contributed by atoms with van der Waals surface area (Å²) in [6.45, 7) is 1.01. The number of alkyl halides is 2. The smallest absolute Gasteiger partial charge is 0.315 e. The first kappa shape index (κ1) is 15.4. The molecule has 6 heteroatoms. The highest BCUT2D eigenvalue weighted by molar-refractivity contribution is 5.74. The van der Waals surface area contributed by atoms with Crippen molar-refractivity contribution in [3.8, 4) is 0 Å². The van der Waals surface area contributed by atoms with Gasteiger partial charge < -0.3 is 15.7 Å². The summed E-state index contributed by atoms with van der Waals surface area (Å²) in [4.78, 5) is 11.3. The molecule has 2 amide bonds. The van der Waals surface area contributed by atoms with Crippen LogP contribution in [-0.2, 0) is 6.42 Å². The van der Waals surface area contributed by atoms with Gasteiger partial charge in [0, 0.05) is 0 Å². The standard InChI is InChI=1S/C13H18F2N2O2/c1-2-9-3-5-10(6-4-9)11(8-18)17-13(19)16-7-12(14)15/h3-6,11-12,18H,2,7-8H2,1H3,(H2,16,17,19). The number of nitrogens with one attached hydrogen (secondary N) is 2. The first-order valence-corrected chi connectivity index (χ1v) is 6.09. The molecule has 0 aliphatic carbocycles. The van der Waals surface area contributed by atoms with E-state index in [0.29, 0.717) is 0 Å². The van der Waals surface area contributed by atoms with Crippen molar-refractivity contribution in [3.63, 3.8) is 0 Å². The second kappa shape index (κ2) is 7.68. The number of amides is 2. The minimum absolute atomic E-state index is 0.298. The highest BCUT2D eigenvalue weighted by Gasteiger charge is 2.14. The number of halogens is 2. The summed E-state index contributed by atoms with van der Waals surface area (Å²) in [6.07, 6.45) is -1.70. The number of benzene rings is 1. The fraction of sp³-hybridized carbons (Fsp3) is 0.462. The van der Waals surface area contributed by atoms with Crippen molar-refractivity contribution in [3.05, 3.63) is 35.4 Å². The van der Waals surface area contributed by atoms with Gasteiger partial charge in [-0.05, 0) is 17.5 Å². The van der Waals surface area contributed by atoms with E-state index in [-0.39, 0.29) is 6.61 Å². The molecule has 1 unspecified atom stereocenters. The molecule has 0 radical (unpaired) electrons. The van der Waals surface area contributed by atoms with E-state index in [9.17, 15) is 18.7 Å². The molecule has 4 nitrogen and oxygen atoms in total. The topological polar surface area (TPSA) is 61.4 Å². The Morgan fingerprint density at radius 2 is 1.95 bits per heavy atom. The molecule has 1 aromatic carbocycles. The molecule has 0 fully saturated rings. The van der Waals surface area contributed by atoms with Crippen LogP contribution in [0.25, 0.3) is 0 Å². The predicted octanol–water partition coefficient (Wildman–Crippen LogP) is 1.85. The minimum Gasteiger partial charge on any atom is -0.394 e. The Bertz CT molecular complexity index is 396. The van der Waals surface area contributed by atoms with Crippen LogP contribution in [0.1, 0.15) is 24.1 Å². The number of aliphatic hydroxyl groups excluding tert-OH is 1. The molecule has 3 N–H and O–H groups in total. The van der Waals surface area contributed by atoms with Crippen LogP contribution in [0.3, 0.4) is 0 Å². The molecule has 0 bridgehead atoms. The zero-order valence-corrected chi connectivity index (χ0v) is 10.7. The average molecular weight is 272 g/mol. The molecule has 0 aliphatic rings. The molecule has 0 saturated heterocycles. The lowest BCUT2D eigenvalue weighted by Crippen LogP contribution is -2.41. The summed E-state index contributed by atoms with van der Waals surface area (Å²) in [5.41, 5.74) is 1.87. The number of aliphatic hydroxyl groups is 1. The highest BCUT2D eigenvalue weighted by Crippen LogP contribution is 2.13. The van der Waals surface area contributed by atoms with Gasteiger partial charge in [-0.3, -0.25) is 0 Å². The molecular weight excluding hydrogens is 254 g/mol. The Kier molecular flexibility index (Phi) is 6.21. The fourth-order valence-corrected chi connectivity index (χ4v) is 1.60. The lowest BCUT2D eigenvalue weighted by Gasteiger charge is -2.17. The first-order valence-electron chi connectivity index (χ1n) is 6.09. The van der Waals surface area contributed by atoms with Gasteiger partial charge >= 0.3 is 6.03 Å². The fourth-order valence-electron chi connectivity index (χ4n) is 1.60. The third kappa shape index (κ3) is 5.21. The lowest BCUT2D eigenvalue weighted by molar-refractivity contribution is 0.145. The molecule has 1 rings (SSSR count). The Hall–Kier alpha value is -1.69. The van der Waals surface area contributed by atoms with Crippen molar-refractivity contribution in [2.24, 2.45) is 0 Å². The van der Waals surface area contributed by atoms with Crippen molar-refractivity contribution in [2.45, 2.75) is 25.8 Å². The van der Waals surface area contributed by atoms with E-state index in [2.05, 4.69) is 5.32 Å². The van der Waals surface area contributed by atoms with Crippen LogP contribution in [0, 0.1) is 0 Å². The molecule has 19 heavy (non-hydrogen) atoms. The molecule has 0 aromatic heterocycles. The maximum absolute atomic E-state index is 11.9. The average Bonchev–Trinajstić information content (AvgIpc) is 2.42. The quantitative estimate of drug-likeness (QED) is 0.740. The summed E-state index contributed by atoms with van der Waals surface area (Å²) in [6, 6.07) is 6.07. The Labute approximate surface area is 110 Å². The van der Waals surface area contributed by atoms with E-state index >= 15 is 0 Å². The van der Waals surface area contributed by atoms with Crippen LogP contribution in [0.5, 0.6) is 0 Å². The summed E-state index contributed by atoms with van der Waals surface area (Å²) in [5, 5.41) is 13.7. The van der Waals surface area contributed by atoms with Gasteiger partial charge in [-0.15, -0.1) is 0 Å². The molecule has 0 heterocycles. The Morgan fingerprint density at radius 3 is 2.42 bits per heavy atom.